The zero-order valence-corrected chi connectivity index (χ0v) is 39.3. The molecule has 3 atom stereocenters. The minimum Gasteiger partial charge on any atom is -0.491 e. The Hall–Kier alpha value is -2.43. The van der Waals surface area contributed by atoms with E-state index in [2.05, 4.69) is 58.6 Å². The molecule has 2 saturated heterocycles. The molecule has 0 spiro atoms. The standard InChI is InChI=1S/C27H34Cl2N2O4.C19H20Cl4O.CH4/c1-19(32)30-11-13-31(14-12-30)21-6-8-22(9-7-21)33-16-23-17-34-27(35-23,18-26(2,3)4)24-10-5-20(28)15-25(24)29;1-19(2,3)10-18(15-7-6-14(21)9-17(15)23)24-11-12-4-5-13(20)8-16(12)22;/h5-10,15,23H,11-14,16-18H2,1-4H3;4-9,18H,10-11H2,1-3H3;1H4. The molecule has 0 radical (unpaired) electrons. The van der Waals surface area contributed by atoms with Gasteiger partial charge in [-0.2, -0.15) is 0 Å². The van der Waals surface area contributed by atoms with Crippen LogP contribution in [0.15, 0.2) is 78.9 Å². The number of piperazine rings is 1. The Balaban J connectivity index is 0.000000279. The number of benzene rings is 4. The van der Waals surface area contributed by atoms with Gasteiger partial charge in [0.2, 0.25) is 5.91 Å². The van der Waals surface area contributed by atoms with Gasteiger partial charge in [0.25, 0.3) is 0 Å². The molecular formula is C47H58Cl6N2O5. The van der Waals surface area contributed by atoms with Crippen molar-refractivity contribution in [2.75, 3.05) is 44.3 Å². The summed E-state index contributed by atoms with van der Waals surface area (Å²) in [5, 5.41) is 3.53. The lowest BCUT2D eigenvalue weighted by molar-refractivity contribution is -0.198. The van der Waals surface area contributed by atoms with Crippen molar-refractivity contribution in [3.8, 4) is 5.75 Å². The average Bonchev–Trinajstić information content (AvgIpc) is 3.55. The summed E-state index contributed by atoms with van der Waals surface area (Å²) < 4.78 is 25.0. The Kier molecular flexibility index (Phi) is 18.2. The number of ether oxygens (including phenoxy) is 4. The van der Waals surface area contributed by atoms with E-state index in [0.29, 0.717) is 56.4 Å². The highest BCUT2D eigenvalue weighted by atomic mass is 35.5. The van der Waals surface area contributed by atoms with Gasteiger partial charge < -0.3 is 28.7 Å². The van der Waals surface area contributed by atoms with E-state index in [0.717, 1.165) is 60.7 Å². The molecule has 0 saturated carbocycles. The van der Waals surface area contributed by atoms with E-state index in [4.69, 9.17) is 88.6 Å². The van der Waals surface area contributed by atoms with E-state index in [1.165, 1.54) is 0 Å². The second kappa shape index (κ2) is 21.8. The minimum atomic E-state index is -0.945. The minimum absolute atomic E-state index is 0. The van der Waals surface area contributed by atoms with Crippen LogP contribution in [-0.2, 0) is 31.4 Å². The summed E-state index contributed by atoms with van der Waals surface area (Å²) in [5.41, 5.74) is 3.77. The smallest absolute Gasteiger partial charge is 0.219 e. The van der Waals surface area contributed by atoms with Crippen molar-refractivity contribution in [2.45, 2.75) is 93.3 Å². The number of hydrogen-bond acceptors (Lipinski definition) is 6. The van der Waals surface area contributed by atoms with Gasteiger partial charge in [-0.25, -0.2) is 0 Å². The van der Waals surface area contributed by atoms with Crippen molar-refractivity contribution in [3.05, 3.63) is 126 Å². The van der Waals surface area contributed by atoms with Crippen molar-refractivity contribution in [1.82, 2.24) is 4.90 Å². The number of carbonyl (C=O) groups excluding carboxylic acids is 1. The molecule has 2 aliphatic heterocycles. The summed E-state index contributed by atoms with van der Waals surface area (Å²) in [7, 11) is 0. The molecule has 4 aromatic rings. The summed E-state index contributed by atoms with van der Waals surface area (Å²) in [5.74, 6) is -0.0336. The Morgan fingerprint density at radius 3 is 1.90 bits per heavy atom. The highest BCUT2D eigenvalue weighted by Crippen LogP contribution is 2.46. The van der Waals surface area contributed by atoms with E-state index < -0.39 is 5.79 Å². The van der Waals surface area contributed by atoms with Gasteiger partial charge in [-0.15, -0.1) is 0 Å². The van der Waals surface area contributed by atoms with Crippen molar-refractivity contribution in [2.24, 2.45) is 10.8 Å². The van der Waals surface area contributed by atoms with Crippen LogP contribution in [0.1, 0.15) is 91.5 Å². The van der Waals surface area contributed by atoms with Gasteiger partial charge in [0.1, 0.15) is 18.5 Å². The number of hydrogen-bond donors (Lipinski definition) is 0. The molecule has 2 aliphatic rings. The summed E-state index contributed by atoms with van der Waals surface area (Å²) in [4.78, 5) is 15.7. The summed E-state index contributed by atoms with van der Waals surface area (Å²) in [6.07, 6.45) is 1.08. The third-order valence-electron chi connectivity index (χ3n) is 9.89. The van der Waals surface area contributed by atoms with Crippen LogP contribution in [-0.4, -0.2) is 56.3 Å². The molecule has 4 aromatic carbocycles. The lowest BCUT2D eigenvalue weighted by Crippen LogP contribution is -2.48. The normalized spacial score (nSPS) is 18.6. The third-order valence-corrected chi connectivity index (χ3v) is 11.6. The van der Waals surface area contributed by atoms with Crippen molar-refractivity contribution in [1.29, 1.82) is 0 Å². The first-order chi connectivity index (χ1) is 27.7. The number of amides is 1. The van der Waals surface area contributed by atoms with Gasteiger partial charge in [-0.05, 0) is 89.0 Å². The summed E-state index contributed by atoms with van der Waals surface area (Å²) in [6, 6.07) is 24.4. The molecule has 0 bridgehead atoms. The molecular weight excluding hydrogens is 885 g/mol. The molecule has 2 heterocycles. The van der Waals surface area contributed by atoms with Crippen molar-refractivity contribution >= 4 is 81.2 Å². The Bertz CT molecular complexity index is 2030. The topological polar surface area (TPSA) is 60.5 Å². The number of halogens is 6. The van der Waals surface area contributed by atoms with Gasteiger partial charge in [0.05, 0.1) is 24.3 Å². The van der Waals surface area contributed by atoms with Crippen molar-refractivity contribution in [3.63, 3.8) is 0 Å². The zero-order valence-electron chi connectivity index (χ0n) is 34.7. The fraction of sp³-hybridized carbons (Fsp3) is 0.468. The lowest BCUT2D eigenvalue weighted by atomic mass is 9.84. The van der Waals surface area contributed by atoms with E-state index in [1.54, 1.807) is 31.2 Å². The summed E-state index contributed by atoms with van der Waals surface area (Å²) >= 11 is 37.2. The average molecular weight is 944 g/mol. The highest BCUT2D eigenvalue weighted by Gasteiger charge is 2.47. The quantitative estimate of drug-likeness (QED) is 0.149. The van der Waals surface area contributed by atoms with Crippen LogP contribution >= 0.6 is 69.6 Å². The van der Waals surface area contributed by atoms with Crippen LogP contribution in [0.3, 0.4) is 0 Å². The van der Waals surface area contributed by atoms with Crippen LogP contribution in [0, 0.1) is 10.8 Å². The lowest BCUT2D eigenvalue weighted by Gasteiger charge is -2.35. The van der Waals surface area contributed by atoms with Crippen LogP contribution < -0.4 is 9.64 Å². The molecule has 328 valence electrons. The van der Waals surface area contributed by atoms with Crippen LogP contribution in [0.2, 0.25) is 30.1 Å². The molecule has 0 N–H and O–H groups in total. The molecule has 7 nitrogen and oxygen atoms in total. The predicted octanol–water partition coefficient (Wildman–Crippen LogP) is 14.4. The number of anilines is 1. The molecule has 6 rings (SSSR count). The molecule has 1 amide bonds. The first-order valence-electron chi connectivity index (χ1n) is 19.7. The van der Waals surface area contributed by atoms with E-state index in [1.807, 2.05) is 47.4 Å². The van der Waals surface area contributed by atoms with Gasteiger partial charge in [-0.3, -0.25) is 4.79 Å². The molecule has 2 fully saturated rings. The number of nitrogens with zero attached hydrogens (tertiary/aromatic N) is 2. The molecule has 0 aliphatic carbocycles. The van der Waals surface area contributed by atoms with Gasteiger partial charge in [0.15, 0.2) is 5.79 Å². The fourth-order valence-electron chi connectivity index (χ4n) is 7.10. The number of carbonyl (C=O) groups is 1. The second-order valence-electron chi connectivity index (χ2n) is 17.4. The van der Waals surface area contributed by atoms with Gasteiger partial charge >= 0.3 is 0 Å². The van der Waals surface area contributed by atoms with E-state index >= 15 is 0 Å². The maximum Gasteiger partial charge on any atom is 0.219 e. The monoisotopic (exact) mass is 940 g/mol. The van der Waals surface area contributed by atoms with E-state index in [-0.39, 0.29) is 36.4 Å². The van der Waals surface area contributed by atoms with E-state index in [9.17, 15) is 4.79 Å². The maximum absolute atomic E-state index is 11.5. The molecule has 0 aromatic heterocycles. The van der Waals surface area contributed by atoms with Crippen LogP contribution in [0.25, 0.3) is 0 Å². The molecule has 3 unspecified atom stereocenters. The molecule has 13 heteroatoms. The fourth-order valence-corrected chi connectivity index (χ4v) is 8.65. The third kappa shape index (κ3) is 14.6. The first-order valence-corrected chi connectivity index (χ1v) is 22.0. The van der Waals surface area contributed by atoms with Crippen LogP contribution in [0.5, 0.6) is 5.75 Å². The SMILES string of the molecule is C.CC(=O)N1CCN(c2ccc(OCC3COC(CC(C)(C)C)(c4ccc(Cl)cc4Cl)O3)cc2)CC1.CC(C)(C)CC(OCc1ccc(Cl)cc1Cl)c1ccc(Cl)cc1Cl. The second-order valence-corrected chi connectivity index (χ2v) is 20.0. The Morgan fingerprint density at radius 2 is 1.35 bits per heavy atom. The Morgan fingerprint density at radius 1 is 0.767 bits per heavy atom. The van der Waals surface area contributed by atoms with Gasteiger partial charge in [-0.1, -0.05) is 137 Å². The maximum atomic E-state index is 11.5. The largest absolute Gasteiger partial charge is 0.491 e. The number of rotatable bonds is 11. The van der Waals surface area contributed by atoms with Crippen LogP contribution in [0.4, 0.5) is 5.69 Å². The van der Waals surface area contributed by atoms with Crippen molar-refractivity contribution < 1.29 is 23.7 Å². The zero-order chi connectivity index (χ0) is 43.1. The summed E-state index contributed by atoms with van der Waals surface area (Å²) in [6.45, 7) is 18.9. The molecule has 60 heavy (non-hydrogen) atoms. The highest BCUT2D eigenvalue weighted by molar-refractivity contribution is 6.36. The predicted molar refractivity (Wildman–Crippen MR) is 251 cm³/mol. The van der Waals surface area contributed by atoms with Gasteiger partial charge in [0, 0.05) is 75.9 Å². The Labute approximate surface area is 387 Å². The first kappa shape index (κ1) is 50.2.